The molecule has 0 saturated carbocycles. The van der Waals surface area contributed by atoms with Crippen LogP contribution in [0.3, 0.4) is 0 Å². The monoisotopic (exact) mass is 427 g/mol. The minimum absolute atomic E-state index is 0.00111. The Labute approximate surface area is 177 Å². The summed E-state index contributed by atoms with van der Waals surface area (Å²) >= 11 is 0. The van der Waals surface area contributed by atoms with E-state index in [0.717, 1.165) is 0 Å². The van der Waals surface area contributed by atoms with Gasteiger partial charge in [0, 0.05) is 25.1 Å². The smallest absolute Gasteiger partial charge is 0.267 e. The summed E-state index contributed by atoms with van der Waals surface area (Å²) in [5.41, 5.74) is 6.35. The van der Waals surface area contributed by atoms with Gasteiger partial charge in [0.25, 0.3) is 11.8 Å². The lowest BCUT2D eigenvalue weighted by Gasteiger charge is -2.20. The molecule has 3 amide bonds. The highest BCUT2D eigenvalue weighted by molar-refractivity contribution is 6.40. The number of aromatic hydroxyl groups is 1. The zero-order chi connectivity index (χ0) is 22.4. The molecule has 10 heteroatoms. The predicted molar refractivity (Wildman–Crippen MR) is 112 cm³/mol. The molecule has 31 heavy (non-hydrogen) atoms. The van der Waals surface area contributed by atoms with Gasteiger partial charge in [0.05, 0.1) is 5.69 Å². The number of carbonyl (C=O) groups is 3. The Balaban J connectivity index is 1.49. The van der Waals surface area contributed by atoms with Crippen LogP contribution >= 0.6 is 0 Å². The lowest BCUT2D eigenvalue weighted by Crippen LogP contribution is -2.40. The molecule has 0 fully saturated rings. The molecule has 0 spiro atoms. The number of nitrogens with one attached hydrogen (secondary N) is 2. The number of nitrogens with zero attached hydrogens (tertiary/aromatic N) is 2. The first-order valence-corrected chi connectivity index (χ1v) is 9.62. The van der Waals surface area contributed by atoms with Crippen LogP contribution in [0.5, 0.6) is 5.75 Å². The highest BCUT2D eigenvalue weighted by atomic mass is 19.1. The van der Waals surface area contributed by atoms with Crippen molar-refractivity contribution in [2.45, 2.75) is 18.9 Å². The Bertz CT molecular complexity index is 1010. The molecule has 1 atom stereocenters. The first-order chi connectivity index (χ1) is 14.8. The van der Waals surface area contributed by atoms with Crippen LogP contribution in [-0.4, -0.2) is 47.7 Å². The number of hydrogen-bond donors (Lipinski definition) is 4. The summed E-state index contributed by atoms with van der Waals surface area (Å²) < 4.78 is 13.2. The molecule has 0 bridgehead atoms. The molecule has 1 unspecified atom stereocenters. The van der Waals surface area contributed by atoms with Gasteiger partial charge in [-0.3, -0.25) is 19.4 Å². The number of carbonyl (C=O) groups excluding carboxylic acids is 3. The Morgan fingerprint density at radius 2 is 1.77 bits per heavy atom. The van der Waals surface area contributed by atoms with Gasteiger partial charge >= 0.3 is 0 Å². The third-order valence-electron chi connectivity index (χ3n) is 4.63. The number of nitrogens with two attached hydrogens (primary N) is 1. The molecule has 2 aromatic rings. The van der Waals surface area contributed by atoms with E-state index in [1.807, 2.05) is 0 Å². The van der Waals surface area contributed by atoms with Gasteiger partial charge in [-0.25, -0.2) is 4.39 Å². The zero-order valence-corrected chi connectivity index (χ0v) is 16.5. The molecule has 0 aromatic heterocycles. The second kappa shape index (κ2) is 9.70. The van der Waals surface area contributed by atoms with Gasteiger partial charge in [-0.2, -0.15) is 5.10 Å². The van der Waals surface area contributed by atoms with Crippen molar-refractivity contribution < 1.29 is 23.9 Å². The van der Waals surface area contributed by atoms with Crippen molar-refractivity contribution in [3.05, 3.63) is 59.9 Å². The van der Waals surface area contributed by atoms with Crippen LogP contribution in [-0.2, 0) is 9.59 Å². The maximum Gasteiger partial charge on any atom is 0.267 e. The first-order valence-electron chi connectivity index (χ1n) is 9.62. The van der Waals surface area contributed by atoms with E-state index in [4.69, 9.17) is 5.73 Å². The lowest BCUT2D eigenvalue weighted by atomic mass is 10.1. The van der Waals surface area contributed by atoms with Crippen LogP contribution in [0, 0.1) is 5.82 Å². The third-order valence-corrected chi connectivity index (χ3v) is 4.63. The fourth-order valence-electron chi connectivity index (χ4n) is 3.04. The van der Waals surface area contributed by atoms with E-state index >= 15 is 0 Å². The fraction of sp³-hybridized carbons (Fsp3) is 0.238. The first kappa shape index (κ1) is 21.8. The molecule has 3 rings (SSSR count). The average molecular weight is 427 g/mol. The summed E-state index contributed by atoms with van der Waals surface area (Å²) in [5.74, 6) is -1.86. The van der Waals surface area contributed by atoms with Gasteiger partial charge in [-0.05, 0) is 48.9 Å². The quantitative estimate of drug-likeness (QED) is 0.464. The van der Waals surface area contributed by atoms with Crippen LogP contribution in [0.15, 0.2) is 53.6 Å². The second-order valence-electron chi connectivity index (χ2n) is 6.91. The summed E-state index contributed by atoms with van der Waals surface area (Å²) in [4.78, 5) is 36.2. The minimum atomic E-state index is -0.840. The van der Waals surface area contributed by atoms with Crippen LogP contribution in [0.1, 0.15) is 23.2 Å². The Kier molecular flexibility index (Phi) is 6.81. The maximum absolute atomic E-state index is 13.2. The highest BCUT2D eigenvalue weighted by Gasteiger charge is 2.34. The van der Waals surface area contributed by atoms with Crippen molar-refractivity contribution in [1.29, 1.82) is 0 Å². The van der Waals surface area contributed by atoms with Gasteiger partial charge in [0.1, 0.15) is 23.3 Å². The Morgan fingerprint density at radius 1 is 1.10 bits per heavy atom. The number of amides is 3. The predicted octanol–water partition coefficient (Wildman–Crippen LogP) is 0.888. The molecule has 0 saturated heterocycles. The molecule has 0 radical (unpaired) electrons. The van der Waals surface area contributed by atoms with E-state index in [2.05, 4.69) is 15.7 Å². The van der Waals surface area contributed by atoms with Gasteiger partial charge in [0.2, 0.25) is 5.91 Å². The van der Waals surface area contributed by atoms with E-state index in [9.17, 15) is 23.9 Å². The third kappa shape index (κ3) is 5.56. The van der Waals surface area contributed by atoms with Gasteiger partial charge < -0.3 is 21.5 Å². The van der Waals surface area contributed by atoms with Crippen molar-refractivity contribution in [1.82, 2.24) is 10.6 Å². The average Bonchev–Trinajstić information content (AvgIpc) is 3.20. The van der Waals surface area contributed by atoms with Crippen molar-refractivity contribution in [2.24, 2.45) is 10.8 Å². The van der Waals surface area contributed by atoms with Gasteiger partial charge in [-0.1, -0.05) is 6.07 Å². The molecule has 1 heterocycles. The maximum atomic E-state index is 13.2. The molecule has 0 aliphatic carbocycles. The van der Waals surface area contributed by atoms with Crippen LogP contribution < -0.4 is 21.4 Å². The molecule has 2 aromatic carbocycles. The number of hydrogen-bond acceptors (Lipinski definition) is 6. The number of phenols is 1. The van der Waals surface area contributed by atoms with E-state index in [1.54, 1.807) is 12.1 Å². The summed E-state index contributed by atoms with van der Waals surface area (Å²) in [6.07, 6.45) is 0.497. The summed E-state index contributed by atoms with van der Waals surface area (Å²) in [6, 6.07) is 10.5. The van der Waals surface area contributed by atoms with Crippen LogP contribution in [0.2, 0.25) is 0 Å². The second-order valence-corrected chi connectivity index (χ2v) is 6.91. The fourth-order valence-corrected chi connectivity index (χ4v) is 3.04. The number of hydrazone groups is 1. The molecule has 1 aliphatic heterocycles. The van der Waals surface area contributed by atoms with Gasteiger partial charge in [0.15, 0.2) is 0 Å². The summed E-state index contributed by atoms with van der Waals surface area (Å²) in [5, 5.41) is 20.3. The normalized spacial score (nSPS) is 15.3. The number of rotatable bonds is 8. The molecule has 162 valence electrons. The van der Waals surface area contributed by atoms with E-state index in [0.29, 0.717) is 24.2 Å². The standard InChI is InChI=1S/C21H22FN5O4/c22-14-5-7-15(8-6-14)27-18(19(23)29)12-17(26-27)21(31)25-10-2-9-24-20(30)13-3-1-4-16(28)11-13/h1,3-8,11,18,28H,2,9-10,12H2,(H2,23,29)(H,24,30)(H,25,31). The van der Waals surface area contributed by atoms with Crippen LogP contribution in [0.4, 0.5) is 10.1 Å². The van der Waals surface area contributed by atoms with Crippen molar-refractivity contribution in [3.63, 3.8) is 0 Å². The summed E-state index contributed by atoms with van der Waals surface area (Å²) in [6.45, 7) is 0.586. The Morgan fingerprint density at radius 3 is 2.42 bits per heavy atom. The SMILES string of the molecule is NC(=O)C1CC(C(=O)NCCCNC(=O)c2cccc(O)c2)=NN1c1ccc(F)cc1. The lowest BCUT2D eigenvalue weighted by molar-refractivity contribution is -0.119. The Hall–Kier alpha value is -3.95. The number of benzene rings is 2. The molecule has 9 nitrogen and oxygen atoms in total. The number of primary amides is 1. The van der Waals surface area contributed by atoms with E-state index < -0.39 is 23.7 Å². The van der Waals surface area contributed by atoms with E-state index in [-0.39, 0.29) is 30.3 Å². The zero-order valence-electron chi connectivity index (χ0n) is 16.5. The van der Waals surface area contributed by atoms with Crippen LogP contribution in [0.25, 0.3) is 0 Å². The molecule has 1 aliphatic rings. The minimum Gasteiger partial charge on any atom is -0.508 e. The molecular formula is C21H22FN5O4. The molecular weight excluding hydrogens is 405 g/mol. The largest absolute Gasteiger partial charge is 0.508 e. The number of anilines is 1. The number of phenolic OH excluding ortho intramolecular Hbond substituents is 1. The van der Waals surface area contributed by atoms with Crippen molar-refractivity contribution >= 4 is 29.1 Å². The topological polar surface area (TPSA) is 137 Å². The summed E-state index contributed by atoms with van der Waals surface area (Å²) in [7, 11) is 0. The number of halogens is 1. The van der Waals surface area contributed by atoms with E-state index in [1.165, 1.54) is 41.4 Å². The van der Waals surface area contributed by atoms with Gasteiger partial charge in [-0.15, -0.1) is 0 Å². The highest BCUT2D eigenvalue weighted by Crippen LogP contribution is 2.24. The van der Waals surface area contributed by atoms with Crippen molar-refractivity contribution in [3.8, 4) is 5.75 Å². The van der Waals surface area contributed by atoms with Crippen molar-refractivity contribution in [2.75, 3.05) is 18.1 Å². The molecule has 5 N–H and O–H groups in total.